The van der Waals surface area contributed by atoms with Crippen molar-refractivity contribution in [1.29, 1.82) is 0 Å². The molecule has 0 aliphatic carbocycles. The Morgan fingerprint density at radius 2 is 1.34 bits per heavy atom. The van der Waals surface area contributed by atoms with Crippen molar-refractivity contribution in [2.45, 2.75) is 80.1 Å². The number of pyridine rings is 1. The van der Waals surface area contributed by atoms with Gasteiger partial charge in [-0.2, -0.15) is 17.2 Å². The number of ether oxygens (including phenoxy) is 1. The summed E-state index contributed by atoms with van der Waals surface area (Å²) < 4.78 is 10.6. The van der Waals surface area contributed by atoms with E-state index in [1.165, 1.54) is 27.8 Å². The smallest absolute Gasteiger partial charge is 0.509 e. The van der Waals surface area contributed by atoms with Gasteiger partial charge in [-0.1, -0.05) is 83.0 Å². The molecule has 3 heterocycles. The Hall–Kier alpha value is -4.47. The summed E-state index contributed by atoms with van der Waals surface area (Å²) in [5, 5.41) is 7.35. The summed E-state index contributed by atoms with van der Waals surface area (Å²) in [6.07, 6.45) is 1.85. The molecule has 5 nitrogen and oxygen atoms in total. The van der Waals surface area contributed by atoms with Crippen LogP contribution in [0.4, 0.5) is 0 Å². The third-order valence-electron chi connectivity index (χ3n) is 9.33. The van der Waals surface area contributed by atoms with Gasteiger partial charge in [-0.05, 0) is 90.1 Å². The van der Waals surface area contributed by atoms with E-state index in [0.29, 0.717) is 11.5 Å². The number of benzene rings is 4. The van der Waals surface area contributed by atoms with Crippen molar-refractivity contribution in [1.82, 2.24) is 19.3 Å². The Morgan fingerprint density at radius 1 is 0.660 bits per heavy atom. The van der Waals surface area contributed by atoms with E-state index in [-0.39, 0.29) is 31.9 Å². The van der Waals surface area contributed by atoms with E-state index in [0.717, 1.165) is 50.3 Å². The number of para-hydroxylation sites is 1. The molecule has 0 bridgehead atoms. The van der Waals surface area contributed by atoms with Gasteiger partial charge in [0, 0.05) is 34.5 Å². The van der Waals surface area contributed by atoms with Gasteiger partial charge in [0.25, 0.3) is 0 Å². The molecule has 0 saturated carbocycles. The van der Waals surface area contributed by atoms with Crippen molar-refractivity contribution in [3.63, 3.8) is 0 Å². The number of hydrogen-bond donors (Lipinski definition) is 0. The maximum atomic E-state index is 6.48. The van der Waals surface area contributed by atoms with Crippen LogP contribution in [0.3, 0.4) is 0 Å². The molecule has 0 aliphatic heterocycles. The van der Waals surface area contributed by atoms with Crippen LogP contribution in [-0.2, 0) is 31.9 Å². The molecular formula is C44H44N4OPt. The maximum absolute atomic E-state index is 6.48. The van der Waals surface area contributed by atoms with Crippen LogP contribution in [0.5, 0.6) is 11.5 Å². The number of aromatic nitrogens is 4. The summed E-state index contributed by atoms with van der Waals surface area (Å²) in [6, 6.07) is 34.3. The van der Waals surface area contributed by atoms with E-state index in [9.17, 15) is 0 Å². The van der Waals surface area contributed by atoms with Crippen LogP contribution >= 0.6 is 0 Å². The Kier molecular flexibility index (Phi) is 9.20. The third kappa shape index (κ3) is 6.33. The Bertz CT molecular complexity index is 2350. The van der Waals surface area contributed by atoms with Crippen molar-refractivity contribution in [2.75, 3.05) is 0 Å². The number of rotatable bonds is 5. The van der Waals surface area contributed by atoms with E-state index in [2.05, 4.69) is 134 Å². The number of hydrogen-bond acceptors (Lipinski definition) is 3. The average Bonchev–Trinajstić information content (AvgIpc) is 3.52. The van der Waals surface area contributed by atoms with E-state index in [1.807, 2.05) is 41.2 Å². The topological polar surface area (TPSA) is 44.9 Å². The molecular weight excluding hydrogens is 796 g/mol. The molecule has 256 valence electrons. The Morgan fingerprint density at radius 3 is 2.02 bits per heavy atom. The van der Waals surface area contributed by atoms with Gasteiger partial charge >= 0.3 is 21.1 Å². The first-order valence-corrected chi connectivity index (χ1v) is 17.0. The van der Waals surface area contributed by atoms with E-state index < -0.39 is 0 Å². The van der Waals surface area contributed by atoms with E-state index in [4.69, 9.17) is 14.8 Å². The fourth-order valence-corrected chi connectivity index (χ4v) is 7.03. The van der Waals surface area contributed by atoms with Gasteiger partial charge < -0.3 is 9.30 Å². The van der Waals surface area contributed by atoms with Gasteiger partial charge in [0.1, 0.15) is 5.82 Å². The van der Waals surface area contributed by atoms with Crippen LogP contribution in [0.25, 0.3) is 44.4 Å². The standard InChI is InChI=1S/C44H44N4O.Pt/c1-27-20-21-45-40(24-27)47-38-17-12-11-16-34(38)35-19-18-33(26-39(35)47)49-32-15-13-14-31(25-32)48-30(4)41(29(3)46-48)42-36(43(5,6)7)22-28(2)23-37(42)44(8,9)10;/h11-24H,1-10H3;/q-2;+2. The van der Waals surface area contributed by atoms with Gasteiger partial charge in [-0.15, -0.1) is 35.7 Å². The van der Waals surface area contributed by atoms with Gasteiger partial charge in [-0.3, -0.25) is 4.68 Å². The molecule has 0 spiro atoms. The molecule has 4 aromatic carbocycles. The summed E-state index contributed by atoms with van der Waals surface area (Å²) in [6.45, 7) is 22.4. The summed E-state index contributed by atoms with van der Waals surface area (Å²) >= 11 is 0. The zero-order valence-corrected chi connectivity index (χ0v) is 32.9. The van der Waals surface area contributed by atoms with Gasteiger partial charge in [0.05, 0.1) is 5.69 Å². The molecule has 0 atom stereocenters. The second kappa shape index (κ2) is 13.0. The molecule has 0 N–H and O–H groups in total. The molecule has 0 fully saturated rings. The maximum Gasteiger partial charge on any atom is 2.00 e. The van der Waals surface area contributed by atoms with Crippen LogP contribution in [0.15, 0.2) is 85.1 Å². The molecule has 50 heavy (non-hydrogen) atoms. The van der Waals surface area contributed by atoms with Crippen LogP contribution in [0.2, 0.25) is 0 Å². The molecule has 7 rings (SSSR count). The molecule has 7 aromatic rings. The molecule has 3 aromatic heterocycles. The minimum Gasteiger partial charge on any atom is -0.509 e. The largest absolute Gasteiger partial charge is 2.00 e. The minimum absolute atomic E-state index is 0. The molecule has 0 radical (unpaired) electrons. The first-order chi connectivity index (χ1) is 23.2. The predicted octanol–water partition coefficient (Wildman–Crippen LogP) is 11.3. The SMILES string of the molecule is Cc1ccnc(-n2c3[c-]c(Oc4[c-]c(-n5nc(C)c(-c6c(C(C)(C)C)cc(C)cc6C(C)(C)C)c5C)ccc4)ccc3c3ccccc32)c1.[Pt+2]. The first-order valence-electron chi connectivity index (χ1n) is 17.0. The van der Waals surface area contributed by atoms with Crippen molar-refractivity contribution in [2.24, 2.45) is 0 Å². The predicted molar refractivity (Wildman–Crippen MR) is 202 cm³/mol. The van der Waals surface area contributed by atoms with Crippen LogP contribution in [0.1, 0.15) is 75.2 Å². The number of aryl methyl sites for hydroxylation is 3. The van der Waals surface area contributed by atoms with Crippen molar-refractivity contribution >= 4 is 21.8 Å². The second-order valence-corrected chi connectivity index (χ2v) is 15.3. The zero-order valence-electron chi connectivity index (χ0n) is 30.6. The molecule has 0 unspecified atom stereocenters. The Balaban J connectivity index is 0.00000432. The van der Waals surface area contributed by atoms with E-state index in [1.54, 1.807) is 0 Å². The van der Waals surface area contributed by atoms with Gasteiger partial charge in [-0.25, -0.2) is 4.98 Å². The van der Waals surface area contributed by atoms with Crippen molar-refractivity contribution in [3.05, 3.63) is 131 Å². The van der Waals surface area contributed by atoms with E-state index >= 15 is 0 Å². The zero-order chi connectivity index (χ0) is 34.8. The van der Waals surface area contributed by atoms with Crippen LogP contribution < -0.4 is 4.74 Å². The van der Waals surface area contributed by atoms with Crippen LogP contribution in [-0.4, -0.2) is 19.3 Å². The fourth-order valence-electron chi connectivity index (χ4n) is 7.03. The summed E-state index contributed by atoms with van der Waals surface area (Å²) in [5.41, 5.74) is 12.4. The summed E-state index contributed by atoms with van der Waals surface area (Å²) in [4.78, 5) is 4.71. The number of nitrogens with zero attached hydrogens (tertiary/aromatic N) is 4. The normalized spacial score (nSPS) is 12.0. The quantitative estimate of drug-likeness (QED) is 0.162. The van der Waals surface area contributed by atoms with Crippen molar-refractivity contribution in [3.8, 4) is 34.1 Å². The average molecular weight is 840 g/mol. The molecule has 6 heteroatoms. The molecule has 0 saturated heterocycles. The first kappa shape index (κ1) is 35.4. The molecule has 0 aliphatic rings. The fraction of sp³-hybridized carbons (Fsp3) is 0.273. The summed E-state index contributed by atoms with van der Waals surface area (Å²) in [5.74, 6) is 2.06. The van der Waals surface area contributed by atoms with Gasteiger partial charge in [0.2, 0.25) is 0 Å². The third-order valence-corrected chi connectivity index (χ3v) is 9.33. The molecule has 0 amide bonds. The van der Waals surface area contributed by atoms with Gasteiger partial charge in [0.15, 0.2) is 0 Å². The van der Waals surface area contributed by atoms with Crippen LogP contribution in [0, 0.1) is 39.8 Å². The Labute approximate surface area is 310 Å². The minimum atomic E-state index is -0.0407. The second-order valence-electron chi connectivity index (χ2n) is 15.3. The monoisotopic (exact) mass is 839 g/mol. The number of fused-ring (bicyclic) bond motifs is 3. The summed E-state index contributed by atoms with van der Waals surface area (Å²) in [7, 11) is 0. The van der Waals surface area contributed by atoms with Crippen molar-refractivity contribution < 1.29 is 25.8 Å².